The van der Waals surface area contributed by atoms with Crippen LogP contribution in [0.25, 0.3) is 10.6 Å². The van der Waals surface area contributed by atoms with Gasteiger partial charge in [-0.25, -0.2) is 4.99 Å². The number of aliphatic imine (C=N–C) groups is 1. The fourth-order valence-corrected chi connectivity index (χ4v) is 5.08. The molecule has 1 amide bonds. The van der Waals surface area contributed by atoms with Crippen LogP contribution in [-0.2, 0) is 11.2 Å². The SMILES string of the molecule is O=C1NC(=Nc2ccccc2Br)SC1Cc1ccc(-c2ccccn2)s1. The number of thioether (sulfide) groups is 1. The fourth-order valence-electron chi connectivity index (χ4n) is 2.56. The Kier molecular flexibility index (Phi) is 5.19. The van der Waals surface area contributed by atoms with Crippen molar-refractivity contribution in [1.82, 2.24) is 10.3 Å². The second-order valence-electron chi connectivity index (χ2n) is 5.65. The van der Waals surface area contributed by atoms with Crippen molar-refractivity contribution in [2.45, 2.75) is 11.7 Å². The molecule has 2 aromatic heterocycles. The number of benzene rings is 1. The molecule has 0 spiro atoms. The van der Waals surface area contributed by atoms with Gasteiger partial charge in [0.15, 0.2) is 5.17 Å². The Morgan fingerprint density at radius 1 is 1.12 bits per heavy atom. The van der Waals surface area contributed by atoms with Gasteiger partial charge in [0.05, 0.1) is 21.5 Å². The highest BCUT2D eigenvalue weighted by Gasteiger charge is 2.30. The maximum absolute atomic E-state index is 12.3. The van der Waals surface area contributed by atoms with E-state index >= 15 is 0 Å². The van der Waals surface area contributed by atoms with E-state index in [1.54, 1.807) is 17.5 Å². The number of halogens is 1. The molecular weight excluding hydrogens is 430 g/mol. The molecule has 1 atom stereocenters. The standard InChI is InChI=1S/C19H14BrN3OS2/c20-13-5-1-2-6-14(13)22-19-23-18(24)17(26-19)11-12-8-9-16(25-12)15-7-3-4-10-21-15/h1-10,17H,11H2,(H,22,23,24). The smallest absolute Gasteiger partial charge is 0.239 e. The summed E-state index contributed by atoms with van der Waals surface area (Å²) in [4.78, 5) is 23.5. The Hall–Kier alpha value is -1.96. The molecule has 0 saturated carbocycles. The highest BCUT2D eigenvalue weighted by atomic mass is 79.9. The zero-order chi connectivity index (χ0) is 17.9. The number of nitrogens with zero attached hydrogens (tertiary/aromatic N) is 2. The van der Waals surface area contributed by atoms with Crippen LogP contribution < -0.4 is 5.32 Å². The van der Waals surface area contributed by atoms with E-state index in [9.17, 15) is 4.79 Å². The minimum Gasteiger partial charge on any atom is -0.304 e. The van der Waals surface area contributed by atoms with E-state index in [2.05, 4.69) is 43.4 Å². The Balaban J connectivity index is 1.47. The van der Waals surface area contributed by atoms with E-state index < -0.39 is 0 Å². The maximum atomic E-state index is 12.3. The van der Waals surface area contributed by atoms with Gasteiger partial charge in [-0.05, 0) is 52.3 Å². The van der Waals surface area contributed by atoms with Gasteiger partial charge < -0.3 is 5.32 Å². The quantitative estimate of drug-likeness (QED) is 0.614. The van der Waals surface area contributed by atoms with Crippen LogP contribution in [0.3, 0.4) is 0 Å². The number of thiophene rings is 1. The lowest BCUT2D eigenvalue weighted by Crippen LogP contribution is -2.25. The normalized spacial score (nSPS) is 18.3. The number of hydrogen-bond acceptors (Lipinski definition) is 5. The molecule has 1 unspecified atom stereocenters. The van der Waals surface area contributed by atoms with Crippen LogP contribution in [0, 0.1) is 0 Å². The Morgan fingerprint density at radius 2 is 1.96 bits per heavy atom. The lowest BCUT2D eigenvalue weighted by Gasteiger charge is -2.02. The molecule has 3 heterocycles. The number of para-hydroxylation sites is 1. The first kappa shape index (κ1) is 17.5. The van der Waals surface area contributed by atoms with Crippen molar-refractivity contribution in [3.8, 4) is 10.6 Å². The summed E-state index contributed by atoms with van der Waals surface area (Å²) in [6.07, 6.45) is 2.47. The molecule has 0 bridgehead atoms. The van der Waals surface area contributed by atoms with Gasteiger partial charge in [0.25, 0.3) is 0 Å². The van der Waals surface area contributed by atoms with Crippen molar-refractivity contribution >= 4 is 55.8 Å². The summed E-state index contributed by atoms with van der Waals surface area (Å²) in [5.41, 5.74) is 1.77. The number of nitrogens with one attached hydrogen (secondary N) is 1. The summed E-state index contributed by atoms with van der Waals surface area (Å²) in [6.45, 7) is 0. The summed E-state index contributed by atoms with van der Waals surface area (Å²) in [5.74, 6) is 0.00795. The summed E-state index contributed by atoms with van der Waals surface area (Å²) >= 11 is 6.64. The number of carbonyl (C=O) groups excluding carboxylic acids is 1. The molecule has 26 heavy (non-hydrogen) atoms. The van der Waals surface area contributed by atoms with Gasteiger partial charge in [-0.3, -0.25) is 9.78 Å². The number of amides is 1. The molecular formula is C19H14BrN3OS2. The molecule has 1 fully saturated rings. The molecule has 1 N–H and O–H groups in total. The lowest BCUT2D eigenvalue weighted by molar-refractivity contribution is -0.118. The van der Waals surface area contributed by atoms with E-state index in [0.717, 1.165) is 20.7 Å². The molecule has 0 aliphatic carbocycles. The van der Waals surface area contributed by atoms with Crippen molar-refractivity contribution in [2.24, 2.45) is 4.99 Å². The third-order valence-corrected chi connectivity index (χ3v) is 6.70. The highest BCUT2D eigenvalue weighted by Crippen LogP contribution is 2.32. The van der Waals surface area contributed by atoms with Gasteiger partial charge in [0, 0.05) is 22.0 Å². The van der Waals surface area contributed by atoms with Gasteiger partial charge in [-0.1, -0.05) is 30.0 Å². The first-order chi connectivity index (χ1) is 12.7. The van der Waals surface area contributed by atoms with E-state index in [0.29, 0.717) is 11.6 Å². The van der Waals surface area contributed by atoms with Gasteiger partial charge in [0.1, 0.15) is 0 Å². The molecule has 7 heteroatoms. The zero-order valence-electron chi connectivity index (χ0n) is 13.6. The average molecular weight is 444 g/mol. The van der Waals surface area contributed by atoms with Crippen molar-refractivity contribution in [2.75, 3.05) is 0 Å². The number of carbonyl (C=O) groups is 1. The summed E-state index contributed by atoms with van der Waals surface area (Å²) in [5, 5.41) is 3.37. The van der Waals surface area contributed by atoms with E-state index in [4.69, 9.17) is 0 Å². The van der Waals surface area contributed by atoms with E-state index in [-0.39, 0.29) is 11.2 Å². The van der Waals surface area contributed by atoms with Crippen LogP contribution >= 0.6 is 39.0 Å². The van der Waals surface area contributed by atoms with Crippen molar-refractivity contribution < 1.29 is 4.79 Å². The third-order valence-electron chi connectivity index (χ3n) is 3.82. The number of aromatic nitrogens is 1. The van der Waals surface area contributed by atoms with Gasteiger partial charge in [0.2, 0.25) is 5.91 Å². The summed E-state index contributed by atoms with van der Waals surface area (Å²) in [6, 6.07) is 17.7. The van der Waals surface area contributed by atoms with Gasteiger partial charge in [-0.2, -0.15) is 0 Å². The Bertz CT molecular complexity index is 972. The van der Waals surface area contributed by atoms with Crippen LogP contribution in [0.4, 0.5) is 5.69 Å². The molecule has 3 aromatic rings. The summed E-state index contributed by atoms with van der Waals surface area (Å²) < 4.78 is 0.907. The Morgan fingerprint density at radius 3 is 2.77 bits per heavy atom. The fraction of sp³-hybridized carbons (Fsp3) is 0.105. The molecule has 0 radical (unpaired) electrons. The largest absolute Gasteiger partial charge is 0.304 e. The predicted octanol–water partition coefficient (Wildman–Crippen LogP) is 5.03. The minimum absolute atomic E-state index is 0.00795. The molecule has 130 valence electrons. The van der Waals surface area contributed by atoms with Crippen molar-refractivity contribution in [3.63, 3.8) is 0 Å². The molecule has 1 aliphatic heterocycles. The van der Waals surface area contributed by atoms with E-state index in [1.807, 2.05) is 42.5 Å². The third kappa shape index (κ3) is 3.90. The molecule has 1 saturated heterocycles. The molecule has 1 aromatic carbocycles. The first-order valence-electron chi connectivity index (χ1n) is 8.00. The van der Waals surface area contributed by atoms with Crippen LogP contribution in [0.1, 0.15) is 4.88 Å². The second-order valence-corrected chi connectivity index (χ2v) is 8.86. The highest BCUT2D eigenvalue weighted by molar-refractivity contribution is 9.10. The number of rotatable bonds is 4. The number of hydrogen-bond donors (Lipinski definition) is 1. The van der Waals surface area contributed by atoms with Crippen LogP contribution in [0.2, 0.25) is 0 Å². The predicted molar refractivity (Wildman–Crippen MR) is 112 cm³/mol. The molecule has 1 aliphatic rings. The van der Waals surface area contributed by atoms with Crippen LogP contribution in [0.15, 0.2) is 70.3 Å². The zero-order valence-corrected chi connectivity index (χ0v) is 16.8. The van der Waals surface area contributed by atoms with Gasteiger partial charge >= 0.3 is 0 Å². The molecule has 4 rings (SSSR count). The maximum Gasteiger partial charge on any atom is 0.239 e. The van der Waals surface area contributed by atoms with E-state index in [1.165, 1.54) is 16.6 Å². The molecule has 4 nitrogen and oxygen atoms in total. The minimum atomic E-state index is -0.161. The summed E-state index contributed by atoms with van der Waals surface area (Å²) in [7, 11) is 0. The van der Waals surface area contributed by atoms with Crippen molar-refractivity contribution in [1.29, 1.82) is 0 Å². The van der Waals surface area contributed by atoms with Crippen LogP contribution in [0.5, 0.6) is 0 Å². The monoisotopic (exact) mass is 443 g/mol. The average Bonchev–Trinajstić information content (AvgIpc) is 3.25. The lowest BCUT2D eigenvalue weighted by atomic mass is 10.2. The topological polar surface area (TPSA) is 54.4 Å². The van der Waals surface area contributed by atoms with Crippen LogP contribution in [-0.4, -0.2) is 21.3 Å². The first-order valence-corrected chi connectivity index (χ1v) is 10.5. The number of amidine groups is 1. The van der Waals surface area contributed by atoms with Crippen molar-refractivity contribution in [3.05, 3.63) is 70.1 Å². The Labute approximate surface area is 167 Å². The van der Waals surface area contributed by atoms with Gasteiger partial charge in [-0.15, -0.1) is 11.3 Å². The second kappa shape index (κ2) is 7.73. The number of pyridine rings is 1.